The summed E-state index contributed by atoms with van der Waals surface area (Å²) in [5, 5.41) is 15.5. The molecule has 0 spiro atoms. The zero-order valence-electron chi connectivity index (χ0n) is 19.6. The summed E-state index contributed by atoms with van der Waals surface area (Å²) in [6.07, 6.45) is 17.6. The molecule has 2 aliphatic heterocycles. The predicted molar refractivity (Wildman–Crippen MR) is 127 cm³/mol. The molecule has 0 aromatic heterocycles. The molecule has 4 aliphatic rings. The van der Waals surface area contributed by atoms with Crippen LogP contribution in [-0.2, 0) is 19.2 Å². The lowest BCUT2D eigenvalue weighted by Gasteiger charge is -2.20. The highest BCUT2D eigenvalue weighted by Crippen LogP contribution is 2.51. The summed E-state index contributed by atoms with van der Waals surface area (Å²) < 4.78 is 0. The number of amides is 2. The SMILES string of the molecule is CC1C=CC2C1CC1C=CCCC(=O)C3C(=O)NC(C3=O)C(O)CCNC(=O)C=CC=CCC12. The van der Waals surface area contributed by atoms with Crippen molar-refractivity contribution < 1.29 is 24.3 Å². The normalized spacial score (nSPS) is 39.0. The van der Waals surface area contributed by atoms with Crippen LogP contribution in [0.3, 0.4) is 0 Å². The molecule has 182 valence electrons. The third-order valence-electron chi connectivity index (χ3n) is 7.84. The lowest BCUT2D eigenvalue weighted by atomic mass is 9.85. The number of ketones is 2. The molecule has 2 heterocycles. The van der Waals surface area contributed by atoms with Gasteiger partial charge in [0, 0.05) is 19.0 Å². The van der Waals surface area contributed by atoms with E-state index in [0.717, 1.165) is 12.8 Å². The average Bonchev–Trinajstić information content (AvgIpc) is 3.43. The number of fused-ring (bicyclic) bond motifs is 5. The molecule has 0 aromatic rings. The number of hydrogen-bond donors (Lipinski definition) is 3. The Morgan fingerprint density at radius 2 is 1.82 bits per heavy atom. The Hall–Kier alpha value is -2.80. The van der Waals surface area contributed by atoms with Crippen molar-refractivity contribution >= 4 is 23.4 Å². The summed E-state index contributed by atoms with van der Waals surface area (Å²) in [5.74, 6) is -0.703. The van der Waals surface area contributed by atoms with E-state index >= 15 is 0 Å². The van der Waals surface area contributed by atoms with Crippen LogP contribution in [0.5, 0.6) is 0 Å². The van der Waals surface area contributed by atoms with Crippen LogP contribution < -0.4 is 10.6 Å². The first-order valence-electron chi connectivity index (χ1n) is 12.4. The van der Waals surface area contributed by atoms with Gasteiger partial charge in [-0.15, -0.1) is 0 Å². The Balaban J connectivity index is 1.50. The van der Waals surface area contributed by atoms with E-state index < -0.39 is 35.5 Å². The first-order valence-corrected chi connectivity index (χ1v) is 12.4. The second-order valence-corrected chi connectivity index (χ2v) is 9.97. The van der Waals surface area contributed by atoms with E-state index in [1.807, 2.05) is 12.2 Å². The number of nitrogens with one attached hydrogen (secondary N) is 2. The Labute approximate surface area is 200 Å². The molecule has 1 saturated carbocycles. The van der Waals surface area contributed by atoms with E-state index in [-0.39, 0.29) is 25.3 Å². The van der Waals surface area contributed by atoms with Gasteiger partial charge >= 0.3 is 0 Å². The first kappa shape index (κ1) is 24.3. The van der Waals surface area contributed by atoms with Gasteiger partial charge in [0.25, 0.3) is 0 Å². The fourth-order valence-corrected chi connectivity index (χ4v) is 5.97. The molecular formula is C27H34N2O5. The molecular weight excluding hydrogens is 432 g/mol. The molecule has 2 aliphatic carbocycles. The maximum atomic E-state index is 12.7. The van der Waals surface area contributed by atoms with Crippen LogP contribution >= 0.6 is 0 Å². The van der Waals surface area contributed by atoms with Crippen molar-refractivity contribution in [2.24, 2.45) is 35.5 Å². The standard InChI is InChI=1S/C27H34N2O5/c1-16-11-12-19-18-8-3-2-4-10-23(32)28-14-13-22(31)25-26(33)24(27(34)29-25)21(30)9-6-5-7-17(18)15-20(16)19/h2-5,7,10-12,16-20,22,24-25,31H,6,8-9,13-15H2,1H3,(H,28,32)(H,29,34). The van der Waals surface area contributed by atoms with Crippen molar-refractivity contribution in [2.75, 3.05) is 6.54 Å². The lowest BCUT2D eigenvalue weighted by Crippen LogP contribution is -2.42. The summed E-state index contributed by atoms with van der Waals surface area (Å²) in [4.78, 5) is 49.7. The number of Topliss-reactive ketones (excluding diaryl/α,β-unsaturated/α-hetero) is 2. The highest BCUT2D eigenvalue weighted by atomic mass is 16.3. The van der Waals surface area contributed by atoms with Gasteiger partial charge in [-0.3, -0.25) is 19.2 Å². The number of carbonyl (C=O) groups is 4. The van der Waals surface area contributed by atoms with Gasteiger partial charge in [0.15, 0.2) is 17.5 Å². The van der Waals surface area contributed by atoms with Gasteiger partial charge in [0.1, 0.15) is 6.04 Å². The molecule has 0 aromatic carbocycles. The fourth-order valence-electron chi connectivity index (χ4n) is 5.97. The number of hydrogen-bond acceptors (Lipinski definition) is 5. The summed E-state index contributed by atoms with van der Waals surface area (Å²) in [5.41, 5.74) is 0. The minimum absolute atomic E-state index is 0.0906. The maximum Gasteiger partial charge on any atom is 0.243 e. The van der Waals surface area contributed by atoms with E-state index in [9.17, 15) is 24.3 Å². The highest BCUT2D eigenvalue weighted by molar-refractivity contribution is 6.24. The molecule has 1 saturated heterocycles. The van der Waals surface area contributed by atoms with E-state index in [4.69, 9.17) is 0 Å². The monoisotopic (exact) mass is 466 g/mol. The number of aliphatic hydroxyl groups is 1. The summed E-state index contributed by atoms with van der Waals surface area (Å²) in [7, 11) is 0. The minimum Gasteiger partial charge on any atom is -0.390 e. The van der Waals surface area contributed by atoms with E-state index in [2.05, 4.69) is 41.9 Å². The molecule has 7 heteroatoms. The smallest absolute Gasteiger partial charge is 0.243 e. The molecule has 34 heavy (non-hydrogen) atoms. The zero-order chi connectivity index (χ0) is 24.2. The molecule has 8 unspecified atom stereocenters. The van der Waals surface area contributed by atoms with Gasteiger partial charge in [0.2, 0.25) is 11.8 Å². The van der Waals surface area contributed by atoms with Crippen molar-refractivity contribution in [3.05, 3.63) is 48.6 Å². The number of allylic oxidation sites excluding steroid dienone is 7. The molecule has 7 nitrogen and oxygen atoms in total. The Morgan fingerprint density at radius 1 is 1.00 bits per heavy atom. The van der Waals surface area contributed by atoms with Crippen LogP contribution in [-0.4, -0.2) is 47.2 Å². The van der Waals surface area contributed by atoms with Gasteiger partial charge < -0.3 is 15.7 Å². The molecule has 4 rings (SSSR count). The highest BCUT2D eigenvalue weighted by Gasteiger charge is 2.47. The third-order valence-corrected chi connectivity index (χ3v) is 7.84. The summed E-state index contributed by atoms with van der Waals surface area (Å²) in [6, 6.07) is -1.12. The Kier molecular flexibility index (Phi) is 7.61. The first-order chi connectivity index (χ1) is 16.4. The Morgan fingerprint density at radius 3 is 2.65 bits per heavy atom. The maximum absolute atomic E-state index is 12.7. The topological polar surface area (TPSA) is 113 Å². The van der Waals surface area contributed by atoms with Crippen LogP contribution in [0, 0.1) is 35.5 Å². The van der Waals surface area contributed by atoms with Gasteiger partial charge in [-0.1, -0.05) is 49.5 Å². The van der Waals surface area contributed by atoms with E-state index in [1.54, 1.807) is 6.08 Å². The van der Waals surface area contributed by atoms with Crippen LogP contribution in [0.15, 0.2) is 48.6 Å². The van der Waals surface area contributed by atoms with Crippen molar-refractivity contribution in [3.8, 4) is 0 Å². The third kappa shape index (κ3) is 5.14. The van der Waals surface area contributed by atoms with Crippen molar-refractivity contribution in [3.63, 3.8) is 0 Å². The predicted octanol–water partition coefficient (Wildman–Crippen LogP) is 2.03. The molecule has 8 atom stereocenters. The molecule has 2 amide bonds. The van der Waals surface area contributed by atoms with Gasteiger partial charge in [-0.25, -0.2) is 0 Å². The zero-order valence-corrected chi connectivity index (χ0v) is 19.6. The number of aliphatic hydroxyl groups excluding tert-OH is 1. The molecule has 0 radical (unpaired) electrons. The molecule has 2 fully saturated rings. The van der Waals surface area contributed by atoms with Gasteiger partial charge in [-0.05, 0) is 55.3 Å². The lowest BCUT2D eigenvalue weighted by molar-refractivity contribution is -0.136. The minimum atomic E-state index is -1.36. The summed E-state index contributed by atoms with van der Waals surface area (Å²) >= 11 is 0. The van der Waals surface area contributed by atoms with Crippen LogP contribution in [0.4, 0.5) is 0 Å². The average molecular weight is 467 g/mol. The van der Waals surface area contributed by atoms with E-state index in [0.29, 0.717) is 36.0 Å². The van der Waals surface area contributed by atoms with Gasteiger partial charge in [-0.2, -0.15) is 0 Å². The second kappa shape index (κ2) is 10.6. The van der Waals surface area contributed by atoms with Crippen LogP contribution in [0.2, 0.25) is 0 Å². The van der Waals surface area contributed by atoms with Gasteiger partial charge in [0.05, 0.1) is 6.10 Å². The van der Waals surface area contributed by atoms with Crippen LogP contribution in [0.25, 0.3) is 0 Å². The molecule has 2 bridgehead atoms. The van der Waals surface area contributed by atoms with Crippen molar-refractivity contribution in [1.29, 1.82) is 0 Å². The quantitative estimate of drug-likeness (QED) is 0.374. The fraction of sp³-hybridized carbons (Fsp3) is 0.556. The van der Waals surface area contributed by atoms with Crippen molar-refractivity contribution in [1.82, 2.24) is 10.6 Å². The molecule has 3 N–H and O–H groups in total. The van der Waals surface area contributed by atoms with Crippen molar-refractivity contribution in [2.45, 2.75) is 51.2 Å². The summed E-state index contributed by atoms with van der Waals surface area (Å²) in [6.45, 7) is 2.41. The number of carbonyl (C=O) groups excluding carboxylic acids is 4. The number of rotatable bonds is 0. The largest absolute Gasteiger partial charge is 0.390 e. The van der Waals surface area contributed by atoms with Crippen LogP contribution in [0.1, 0.15) is 39.0 Å². The Bertz CT molecular complexity index is 949. The second-order valence-electron chi connectivity index (χ2n) is 9.97. The van der Waals surface area contributed by atoms with E-state index in [1.165, 1.54) is 6.08 Å².